The van der Waals surface area contributed by atoms with Crippen molar-refractivity contribution in [1.82, 2.24) is 5.32 Å². The van der Waals surface area contributed by atoms with Gasteiger partial charge >= 0.3 is 0 Å². The zero-order valence-corrected chi connectivity index (χ0v) is 16.6. The lowest BCUT2D eigenvalue weighted by atomic mass is 9.95. The van der Waals surface area contributed by atoms with Gasteiger partial charge in [0, 0.05) is 29.6 Å². The SMILES string of the molecule is Cl.Fc1cc(F)c(OCc2ccccc2)c([C@@H]2C[C@H]2NC2CC3CCC2C3)c1. The molecule has 0 aromatic heterocycles. The van der Waals surface area contributed by atoms with Gasteiger partial charge in [0.05, 0.1) is 0 Å². The van der Waals surface area contributed by atoms with Crippen LogP contribution in [0, 0.1) is 23.5 Å². The van der Waals surface area contributed by atoms with Crippen LogP contribution in [0.3, 0.4) is 0 Å². The summed E-state index contributed by atoms with van der Waals surface area (Å²) in [5.74, 6) is 0.907. The number of halogens is 3. The highest BCUT2D eigenvalue weighted by molar-refractivity contribution is 5.85. The van der Waals surface area contributed by atoms with Crippen molar-refractivity contribution in [3.05, 3.63) is 65.2 Å². The third-order valence-corrected chi connectivity index (χ3v) is 6.62. The molecule has 0 amide bonds. The first-order valence-electron chi connectivity index (χ1n) is 10.1. The molecule has 2 nitrogen and oxygen atoms in total. The Hall–Kier alpha value is -1.65. The Bertz CT molecular complexity index is 831. The lowest BCUT2D eigenvalue weighted by Crippen LogP contribution is -2.36. The van der Waals surface area contributed by atoms with Crippen LogP contribution in [0.15, 0.2) is 42.5 Å². The average Bonchev–Trinajstić information content (AvgIpc) is 3.09. The highest BCUT2D eigenvalue weighted by Gasteiger charge is 2.46. The van der Waals surface area contributed by atoms with Crippen LogP contribution >= 0.6 is 12.4 Å². The molecule has 3 unspecified atom stereocenters. The summed E-state index contributed by atoms with van der Waals surface area (Å²) in [5.41, 5.74) is 1.64. The number of ether oxygens (including phenoxy) is 1. The Morgan fingerprint density at radius 3 is 2.50 bits per heavy atom. The quantitative estimate of drug-likeness (QED) is 0.675. The molecule has 5 rings (SSSR count). The molecule has 3 aliphatic rings. The van der Waals surface area contributed by atoms with Crippen molar-refractivity contribution in [1.29, 1.82) is 0 Å². The van der Waals surface area contributed by atoms with E-state index in [0.29, 0.717) is 17.6 Å². The summed E-state index contributed by atoms with van der Waals surface area (Å²) in [6, 6.07) is 13.0. The number of nitrogens with one attached hydrogen (secondary N) is 1. The van der Waals surface area contributed by atoms with E-state index in [1.54, 1.807) is 0 Å². The molecule has 3 saturated carbocycles. The highest BCUT2D eigenvalue weighted by Crippen LogP contribution is 2.50. The van der Waals surface area contributed by atoms with E-state index in [2.05, 4.69) is 5.32 Å². The minimum Gasteiger partial charge on any atom is -0.486 e. The molecule has 1 N–H and O–H groups in total. The first-order valence-corrected chi connectivity index (χ1v) is 10.1. The monoisotopic (exact) mass is 405 g/mol. The molecule has 2 aromatic rings. The van der Waals surface area contributed by atoms with Crippen molar-refractivity contribution in [2.24, 2.45) is 11.8 Å². The Labute approximate surface area is 171 Å². The number of fused-ring (bicyclic) bond motifs is 2. The second kappa shape index (κ2) is 8.00. The molecule has 150 valence electrons. The minimum atomic E-state index is -0.605. The fraction of sp³-hybridized carbons (Fsp3) is 0.478. The Morgan fingerprint density at radius 2 is 1.79 bits per heavy atom. The van der Waals surface area contributed by atoms with Gasteiger partial charge in [-0.1, -0.05) is 36.8 Å². The van der Waals surface area contributed by atoms with Crippen molar-refractivity contribution in [2.45, 2.75) is 56.7 Å². The molecule has 3 fully saturated rings. The first-order chi connectivity index (χ1) is 13.2. The molecule has 2 bridgehead atoms. The number of rotatable bonds is 6. The van der Waals surface area contributed by atoms with Gasteiger partial charge in [-0.15, -0.1) is 12.4 Å². The predicted octanol–water partition coefficient (Wildman–Crippen LogP) is 5.60. The van der Waals surface area contributed by atoms with Crippen LogP contribution in [0.25, 0.3) is 0 Å². The number of hydrogen-bond acceptors (Lipinski definition) is 2. The topological polar surface area (TPSA) is 21.3 Å². The fourth-order valence-electron chi connectivity index (χ4n) is 5.18. The molecule has 28 heavy (non-hydrogen) atoms. The Kier molecular flexibility index (Phi) is 5.62. The molecular formula is C23H26ClF2NO. The summed E-state index contributed by atoms with van der Waals surface area (Å²) < 4.78 is 34.2. The van der Waals surface area contributed by atoms with E-state index in [1.807, 2.05) is 30.3 Å². The molecular weight excluding hydrogens is 380 g/mol. The van der Waals surface area contributed by atoms with Crippen LogP contribution in [-0.2, 0) is 6.61 Å². The zero-order valence-electron chi connectivity index (χ0n) is 15.7. The third-order valence-electron chi connectivity index (χ3n) is 6.62. The maximum absolute atomic E-state index is 14.5. The van der Waals surface area contributed by atoms with E-state index in [0.717, 1.165) is 29.9 Å². The Morgan fingerprint density at radius 1 is 0.964 bits per heavy atom. The molecule has 0 heterocycles. The summed E-state index contributed by atoms with van der Waals surface area (Å²) in [4.78, 5) is 0. The lowest BCUT2D eigenvalue weighted by Gasteiger charge is -2.23. The minimum absolute atomic E-state index is 0. The molecule has 5 atom stereocenters. The zero-order chi connectivity index (χ0) is 18.4. The molecule has 2 aromatic carbocycles. The van der Waals surface area contributed by atoms with Crippen molar-refractivity contribution in [3.63, 3.8) is 0 Å². The van der Waals surface area contributed by atoms with E-state index in [1.165, 1.54) is 31.7 Å². The van der Waals surface area contributed by atoms with Gasteiger partial charge < -0.3 is 10.1 Å². The van der Waals surface area contributed by atoms with E-state index >= 15 is 0 Å². The van der Waals surface area contributed by atoms with Gasteiger partial charge in [-0.25, -0.2) is 8.78 Å². The van der Waals surface area contributed by atoms with Crippen LogP contribution in [0.4, 0.5) is 8.78 Å². The third kappa shape index (κ3) is 3.90. The van der Waals surface area contributed by atoms with Gasteiger partial charge in [0.15, 0.2) is 11.6 Å². The standard InChI is InChI=1S/C23H25F2NO.ClH/c24-17-10-19(18-12-22(18)26-21-9-15-6-7-16(21)8-15)23(20(25)11-17)27-13-14-4-2-1-3-5-14;/h1-5,10-11,15-16,18,21-22,26H,6-9,12-13H2;1H/t15?,16?,18-,21?,22+;/m0./s1. The second-order valence-electron chi connectivity index (χ2n) is 8.48. The van der Waals surface area contributed by atoms with Crippen molar-refractivity contribution >= 4 is 12.4 Å². The summed E-state index contributed by atoms with van der Waals surface area (Å²) in [6.07, 6.45) is 6.26. The number of benzene rings is 2. The van der Waals surface area contributed by atoms with E-state index in [9.17, 15) is 8.78 Å². The normalized spacial score (nSPS) is 30.1. The van der Waals surface area contributed by atoms with E-state index < -0.39 is 11.6 Å². The second-order valence-corrected chi connectivity index (χ2v) is 8.48. The molecule has 0 spiro atoms. The molecule has 5 heteroatoms. The van der Waals surface area contributed by atoms with Crippen LogP contribution in [-0.4, -0.2) is 12.1 Å². The van der Waals surface area contributed by atoms with Gasteiger partial charge in [-0.05, 0) is 49.1 Å². The maximum atomic E-state index is 14.5. The summed E-state index contributed by atoms with van der Waals surface area (Å²) in [5, 5.41) is 3.77. The van der Waals surface area contributed by atoms with Crippen molar-refractivity contribution in [2.75, 3.05) is 0 Å². The molecule has 3 aliphatic carbocycles. The van der Waals surface area contributed by atoms with Gasteiger partial charge in [0.2, 0.25) is 0 Å². The van der Waals surface area contributed by atoms with Crippen molar-refractivity contribution in [3.8, 4) is 5.75 Å². The van der Waals surface area contributed by atoms with E-state index in [4.69, 9.17) is 4.74 Å². The summed E-state index contributed by atoms with van der Waals surface area (Å²) in [7, 11) is 0. The van der Waals surface area contributed by atoms with E-state index in [-0.39, 0.29) is 30.7 Å². The van der Waals surface area contributed by atoms with Crippen molar-refractivity contribution < 1.29 is 13.5 Å². The van der Waals surface area contributed by atoms with Gasteiger partial charge in [0.25, 0.3) is 0 Å². The van der Waals surface area contributed by atoms with Crippen LogP contribution in [0.5, 0.6) is 5.75 Å². The predicted molar refractivity (Wildman–Crippen MR) is 108 cm³/mol. The lowest BCUT2D eigenvalue weighted by molar-refractivity contribution is 0.285. The largest absolute Gasteiger partial charge is 0.486 e. The molecule has 0 radical (unpaired) electrons. The fourth-order valence-corrected chi connectivity index (χ4v) is 5.18. The molecule has 0 saturated heterocycles. The number of hydrogen-bond donors (Lipinski definition) is 1. The maximum Gasteiger partial charge on any atom is 0.168 e. The van der Waals surface area contributed by atoms with Crippen LogP contribution < -0.4 is 10.1 Å². The highest BCUT2D eigenvalue weighted by atomic mass is 35.5. The smallest absolute Gasteiger partial charge is 0.168 e. The van der Waals surface area contributed by atoms with Gasteiger partial charge in [-0.2, -0.15) is 0 Å². The van der Waals surface area contributed by atoms with Crippen LogP contribution in [0.2, 0.25) is 0 Å². The Balaban J connectivity index is 0.00000192. The van der Waals surface area contributed by atoms with Crippen LogP contribution in [0.1, 0.15) is 49.1 Å². The molecule has 0 aliphatic heterocycles. The summed E-state index contributed by atoms with van der Waals surface area (Å²) >= 11 is 0. The first kappa shape index (κ1) is 19.7. The van der Waals surface area contributed by atoms with Gasteiger partial charge in [-0.3, -0.25) is 0 Å². The average molecular weight is 406 g/mol. The summed E-state index contributed by atoms with van der Waals surface area (Å²) in [6.45, 7) is 0.285. The van der Waals surface area contributed by atoms with Gasteiger partial charge in [0.1, 0.15) is 12.4 Å².